The summed E-state index contributed by atoms with van der Waals surface area (Å²) in [5, 5.41) is 2.73. The molecule has 0 spiro atoms. The fourth-order valence-electron chi connectivity index (χ4n) is 2.21. The van der Waals surface area contributed by atoms with Crippen LogP contribution in [-0.4, -0.2) is 11.7 Å². The van der Waals surface area contributed by atoms with Gasteiger partial charge in [0.15, 0.2) is 0 Å². The molecule has 1 amide bonds. The largest absolute Gasteiger partial charge is 0.444 e. The van der Waals surface area contributed by atoms with Gasteiger partial charge in [0.2, 0.25) is 0 Å². The molecular formula is C19H24N2O2. The monoisotopic (exact) mass is 312 g/mol. The number of nitrogen functional groups attached to an aromatic ring is 1. The average molecular weight is 312 g/mol. The molecule has 0 aliphatic rings. The topological polar surface area (TPSA) is 64.3 Å². The zero-order chi connectivity index (χ0) is 17.0. The van der Waals surface area contributed by atoms with E-state index in [4.69, 9.17) is 10.5 Å². The van der Waals surface area contributed by atoms with Crippen LogP contribution in [0.5, 0.6) is 0 Å². The minimum absolute atomic E-state index is 0.382. The van der Waals surface area contributed by atoms with Crippen LogP contribution >= 0.6 is 0 Å². The van der Waals surface area contributed by atoms with Crippen molar-refractivity contribution in [2.45, 2.75) is 39.8 Å². The molecule has 2 aromatic rings. The second kappa shape index (κ2) is 6.73. The summed E-state index contributed by atoms with van der Waals surface area (Å²) in [6, 6.07) is 14.1. The SMILES string of the molecule is Cc1ccc(-c2ccc(CNC(=O)OC(C)(C)C)cc2N)cc1. The van der Waals surface area contributed by atoms with E-state index < -0.39 is 11.7 Å². The Kier molecular flexibility index (Phi) is 4.94. The van der Waals surface area contributed by atoms with E-state index in [0.29, 0.717) is 12.2 Å². The second-order valence-corrected chi connectivity index (χ2v) is 6.64. The third kappa shape index (κ3) is 5.02. The number of rotatable bonds is 3. The zero-order valence-corrected chi connectivity index (χ0v) is 14.1. The normalized spacial score (nSPS) is 11.1. The van der Waals surface area contributed by atoms with Gasteiger partial charge < -0.3 is 15.8 Å². The van der Waals surface area contributed by atoms with Gasteiger partial charge in [-0.3, -0.25) is 0 Å². The minimum Gasteiger partial charge on any atom is -0.444 e. The summed E-state index contributed by atoms with van der Waals surface area (Å²) in [7, 11) is 0. The Morgan fingerprint density at radius 3 is 2.35 bits per heavy atom. The van der Waals surface area contributed by atoms with Crippen LogP contribution in [0.1, 0.15) is 31.9 Å². The third-order valence-corrected chi connectivity index (χ3v) is 3.31. The Hall–Kier alpha value is -2.49. The number of carbonyl (C=O) groups is 1. The van der Waals surface area contributed by atoms with E-state index >= 15 is 0 Å². The zero-order valence-electron chi connectivity index (χ0n) is 14.1. The first kappa shape index (κ1) is 16.9. The molecule has 122 valence electrons. The first-order chi connectivity index (χ1) is 10.7. The van der Waals surface area contributed by atoms with Gasteiger partial charge in [0.05, 0.1) is 0 Å². The van der Waals surface area contributed by atoms with E-state index in [2.05, 4.69) is 36.5 Å². The molecule has 0 heterocycles. The van der Waals surface area contributed by atoms with Gasteiger partial charge in [0.25, 0.3) is 0 Å². The Bertz CT molecular complexity index is 686. The summed E-state index contributed by atoms with van der Waals surface area (Å²) in [6.45, 7) is 7.94. The van der Waals surface area contributed by atoms with Crippen molar-refractivity contribution in [3.8, 4) is 11.1 Å². The molecular weight excluding hydrogens is 288 g/mol. The predicted molar refractivity (Wildman–Crippen MR) is 94.1 cm³/mol. The van der Waals surface area contributed by atoms with Crippen LogP contribution in [-0.2, 0) is 11.3 Å². The van der Waals surface area contributed by atoms with E-state index in [1.54, 1.807) is 0 Å². The quantitative estimate of drug-likeness (QED) is 0.832. The number of hydrogen-bond donors (Lipinski definition) is 2. The Morgan fingerprint density at radius 1 is 1.13 bits per heavy atom. The van der Waals surface area contributed by atoms with Gasteiger partial charge in [0.1, 0.15) is 5.60 Å². The number of alkyl carbamates (subject to hydrolysis) is 1. The highest BCUT2D eigenvalue weighted by atomic mass is 16.6. The standard InChI is InChI=1S/C19H24N2O2/c1-13-5-8-15(9-6-13)16-10-7-14(11-17(16)20)12-21-18(22)23-19(2,3)4/h5-11H,12,20H2,1-4H3,(H,21,22). The lowest BCUT2D eigenvalue weighted by molar-refractivity contribution is 0.0523. The molecule has 4 nitrogen and oxygen atoms in total. The fraction of sp³-hybridized carbons (Fsp3) is 0.316. The Balaban J connectivity index is 2.05. The average Bonchev–Trinajstić information content (AvgIpc) is 2.45. The molecule has 0 bridgehead atoms. The van der Waals surface area contributed by atoms with Crippen LogP contribution < -0.4 is 11.1 Å². The van der Waals surface area contributed by atoms with Crippen molar-refractivity contribution in [2.75, 3.05) is 5.73 Å². The Morgan fingerprint density at radius 2 is 1.78 bits per heavy atom. The van der Waals surface area contributed by atoms with Crippen molar-refractivity contribution in [3.05, 3.63) is 53.6 Å². The number of amides is 1. The van der Waals surface area contributed by atoms with Crippen LogP contribution in [0.2, 0.25) is 0 Å². The van der Waals surface area contributed by atoms with Gasteiger partial charge in [-0.05, 0) is 44.9 Å². The van der Waals surface area contributed by atoms with Crippen molar-refractivity contribution in [1.29, 1.82) is 0 Å². The van der Waals surface area contributed by atoms with Crippen molar-refractivity contribution in [3.63, 3.8) is 0 Å². The number of ether oxygens (including phenoxy) is 1. The van der Waals surface area contributed by atoms with Gasteiger partial charge in [0, 0.05) is 17.8 Å². The molecule has 2 aromatic carbocycles. The highest BCUT2D eigenvalue weighted by molar-refractivity contribution is 5.77. The van der Waals surface area contributed by atoms with E-state index in [0.717, 1.165) is 16.7 Å². The van der Waals surface area contributed by atoms with Crippen LogP contribution in [0.25, 0.3) is 11.1 Å². The first-order valence-corrected chi connectivity index (χ1v) is 7.67. The van der Waals surface area contributed by atoms with Crippen LogP contribution in [0.4, 0.5) is 10.5 Å². The molecule has 0 saturated heterocycles. The maximum absolute atomic E-state index is 11.7. The number of benzene rings is 2. The van der Waals surface area contributed by atoms with Crippen LogP contribution in [0.15, 0.2) is 42.5 Å². The highest BCUT2D eigenvalue weighted by Gasteiger charge is 2.15. The number of aryl methyl sites for hydroxylation is 1. The van der Waals surface area contributed by atoms with E-state index in [1.807, 2.05) is 39.0 Å². The summed E-state index contributed by atoms with van der Waals surface area (Å²) in [5.41, 5.74) is 10.6. The lowest BCUT2D eigenvalue weighted by Gasteiger charge is -2.19. The molecule has 0 fully saturated rings. The van der Waals surface area contributed by atoms with E-state index in [1.165, 1.54) is 5.56 Å². The molecule has 23 heavy (non-hydrogen) atoms. The summed E-state index contributed by atoms with van der Waals surface area (Å²) in [4.78, 5) is 11.7. The first-order valence-electron chi connectivity index (χ1n) is 7.67. The van der Waals surface area contributed by atoms with Gasteiger partial charge in [-0.1, -0.05) is 42.0 Å². The lowest BCUT2D eigenvalue weighted by Crippen LogP contribution is -2.32. The maximum Gasteiger partial charge on any atom is 0.407 e. The molecule has 0 aromatic heterocycles. The van der Waals surface area contributed by atoms with Crippen molar-refractivity contribution < 1.29 is 9.53 Å². The van der Waals surface area contributed by atoms with Gasteiger partial charge in [-0.25, -0.2) is 4.79 Å². The number of hydrogen-bond acceptors (Lipinski definition) is 3. The van der Waals surface area contributed by atoms with Crippen LogP contribution in [0.3, 0.4) is 0 Å². The number of carbonyl (C=O) groups excluding carboxylic acids is 1. The number of nitrogens with two attached hydrogens (primary N) is 1. The molecule has 3 N–H and O–H groups in total. The molecule has 4 heteroatoms. The smallest absolute Gasteiger partial charge is 0.407 e. The van der Waals surface area contributed by atoms with Crippen molar-refractivity contribution in [1.82, 2.24) is 5.32 Å². The van der Waals surface area contributed by atoms with Gasteiger partial charge >= 0.3 is 6.09 Å². The van der Waals surface area contributed by atoms with Gasteiger partial charge in [-0.15, -0.1) is 0 Å². The Labute approximate surface area is 137 Å². The molecule has 0 unspecified atom stereocenters. The molecule has 0 atom stereocenters. The summed E-state index contributed by atoms with van der Waals surface area (Å²) >= 11 is 0. The summed E-state index contributed by atoms with van der Waals surface area (Å²) < 4.78 is 5.21. The number of anilines is 1. The summed E-state index contributed by atoms with van der Waals surface area (Å²) in [6.07, 6.45) is -0.432. The molecule has 2 rings (SSSR count). The molecule has 0 saturated carbocycles. The molecule has 0 aliphatic heterocycles. The molecule has 0 aliphatic carbocycles. The van der Waals surface area contributed by atoms with Crippen molar-refractivity contribution in [2.24, 2.45) is 0 Å². The summed E-state index contributed by atoms with van der Waals surface area (Å²) in [5.74, 6) is 0. The van der Waals surface area contributed by atoms with Gasteiger partial charge in [-0.2, -0.15) is 0 Å². The predicted octanol–water partition coefficient (Wildman–Crippen LogP) is 4.27. The van der Waals surface area contributed by atoms with Crippen LogP contribution in [0, 0.1) is 6.92 Å². The van der Waals surface area contributed by atoms with E-state index in [9.17, 15) is 4.79 Å². The second-order valence-electron chi connectivity index (χ2n) is 6.64. The molecule has 0 radical (unpaired) electrons. The maximum atomic E-state index is 11.7. The highest BCUT2D eigenvalue weighted by Crippen LogP contribution is 2.27. The number of nitrogens with one attached hydrogen (secondary N) is 1. The van der Waals surface area contributed by atoms with E-state index in [-0.39, 0.29) is 0 Å². The minimum atomic E-state index is -0.502. The lowest BCUT2D eigenvalue weighted by atomic mass is 10.0. The third-order valence-electron chi connectivity index (χ3n) is 3.31. The van der Waals surface area contributed by atoms with Crippen molar-refractivity contribution >= 4 is 11.8 Å². The fourth-order valence-corrected chi connectivity index (χ4v) is 2.21.